The SMILES string of the molecule is Cc1nc(Oc2ccc(NC(=O)Nc3ccc(F)c(F)c3)cc2)cc(-n2nc(C)c(C)c2C)n1. The second-order valence-electron chi connectivity index (χ2n) is 7.65. The summed E-state index contributed by atoms with van der Waals surface area (Å²) >= 11 is 0. The lowest BCUT2D eigenvalue weighted by Crippen LogP contribution is -2.19. The Morgan fingerprint density at radius 2 is 1.56 bits per heavy atom. The Morgan fingerprint density at radius 1 is 0.882 bits per heavy atom. The molecule has 0 spiro atoms. The Bertz CT molecular complexity index is 1370. The van der Waals surface area contributed by atoms with Gasteiger partial charge >= 0.3 is 6.03 Å². The van der Waals surface area contributed by atoms with Crippen molar-refractivity contribution < 1.29 is 18.3 Å². The monoisotopic (exact) mass is 464 g/mol. The van der Waals surface area contributed by atoms with Crippen LogP contribution in [0.1, 0.15) is 22.8 Å². The van der Waals surface area contributed by atoms with E-state index in [1.54, 1.807) is 41.9 Å². The van der Waals surface area contributed by atoms with Crippen molar-refractivity contribution in [3.63, 3.8) is 0 Å². The molecule has 0 aliphatic carbocycles. The van der Waals surface area contributed by atoms with Gasteiger partial charge in [0.25, 0.3) is 0 Å². The van der Waals surface area contributed by atoms with Crippen LogP contribution >= 0.6 is 0 Å². The van der Waals surface area contributed by atoms with Gasteiger partial charge in [-0.1, -0.05) is 0 Å². The third-order valence-electron chi connectivity index (χ3n) is 5.18. The summed E-state index contributed by atoms with van der Waals surface area (Å²) < 4.78 is 33.9. The zero-order chi connectivity index (χ0) is 24.4. The number of aryl methyl sites for hydroxylation is 2. The number of amides is 2. The molecule has 4 aromatic rings. The van der Waals surface area contributed by atoms with E-state index < -0.39 is 17.7 Å². The number of urea groups is 1. The molecule has 0 radical (unpaired) electrons. The Labute approximate surface area is 194 Å². The Balaban J connectivity index is 1.44. The fourth-order valence-electron chi connectivity index (χ4n) is 3.22. The van der Waals surface area contributed by atoms with Crippen molar-refractivity contribution in [2.45, 2.75) is 27.7 Å². The smallest absolute Gasteiger partial charge is 0.323 e. The van der Waals surface area contributed by atoms with Crippen LogP contribution in [0.2, 0.25) is 0 Å². The lowest BCUT2D eigenvalue weighted by atomic mass is 10.2. The molecule has 8 nitrogen and oxygen atoms in total. The highest BCUT2D eigenvalue weighted by atomic mass is 19.2. The summed E-state index contributed by atoms with van der Waals surface area (Å²) in [5.41, 5.74) is 3.61. The maximum Gasteiger partial charge on any atom is 0.323 e. The van der Waals surface area contributed by atoms with Gasteiger partial charge in [-0.3, -0.25) is 0 Å². The number of carbonyl (C=O) groups is 1. The minimum atomic E-state index is -1.05. The maximum atomic E-state index is 13.3. The van der Waals surface area contributed by atoms with Gasteiger partial charge in [0, 0.05) is 29.2 Å². The van der Waals surface area contributed by atoms with Gasteiger partial charge in [0.05, 0.1) is 5.69 Å². The maximum absolute atomic E-state index is 13.3. The summed E-state index contributed by atoms with van der Waals surface area (Å²) in [6.07, 6.45) is 0. The molecule has 174 valence electrons. The Kier molecular flexibility index (Phi) is 6.22. The molecule has 0 aliphatic rings. The van der Waals surface area contributed by atoms with Crippen LogP contribution in [0, 0.1) is 39.3 Å². The van der Waals surface area contributed by atoms with Crippen molar-refractivity contribution in [1.82, 2.24) is 19.7 Å². The number of rotatable bonds is 5. The van der Waals surface area contributed by atoms with Crippen LogP contribution in [-0.2, 0) is 0 Å². The molecule has 4 rings (SSSR count). The van der Waals surface area contributed by atoms with Gasteiger partial charge in [0.2, 0.25) is 5.88 Å². The first kappa shape index (κ1) is 22.8. The average Bonchev–Trinajstić information content (AvgIpc) is 3.04. The number of hydrogen-bond acceptors (Lipinski definition) is 5. The van der Waals surface area contributed by atoms with E-state index >= 15 is 0 Å². The normalized spacial score (nSPS) is 10.8. The molecule has 2 aromatic heterocycles. The molecule has 0 fully saturated rings. The number of hydrogen-bond donors (Lipinski definition) is 2. The predicted molar refractivity (Wildman–Crippen MR) is 124 cm³/mol. The molecule has 2 aromatic carbocycles. The van der Waals surface area contributed by atoms with Crippen LogP contribution in [0.25, 0.3) is 5.82 Å². The van der Waals surface area contributed by atoms with Crippen molar-refractivity contribution in [3.05, 3.63) is 82.9 Å². The highest BCUT2D eigenvalue weighted by Crippen LogP contribution is 2.24. The van der Waals surface area contributed by atoms with Crippen LogP contribution in [0.4, 0.5) is 25.0 Å². The van der Waals surface area contributed by atoms with Crippen LogP contribution in [0.15, 0.2) is 48.5 Å². The van der Waals surface area contributed by atoms with Crippen LogP contribution in [0.5, 0.6) is 11.6 Å². The van der Waals surface area contributed by atoms with Crippen LogP contribution in [0.3, 0.4) is 0 Å². The summed E-state index contributed by atoms with van der Waals surface area (Å²) in [7, 11) is 0. The van der Waals surface area contributed by atoms with Gasteiger partial charge in [-0.25, -0.2) is 23.2 Å². The molecule has 0 bridgehead atoms. The van der Waals surface area contributed by atoms with E-state index in [9.17, 15) is 13.6 Å². The molecule has 0 saturated heterocycles. The van der Waals surface area contributed by atoms with E-state index in [-0.39, 0.29) is 5.69 Å². The van der Waals surface area contributed by atoms with Gasteiger partial charge in [-0.2, -0.15) is 10.1 Å². The topological polar surface area (TPSA) is 94.0 Å². The average molecular weight is 464 g/mol. The molecule has 0 saturated carbocycles. The minimum absolute atomic E-state index is 0.129. The van der Waals surface area contributed by atoms with E-state index in [0.717, 1.165) is 29.1 Å². The predicted octanol–water partition coefficient (Wildman–Crippen LogP) is 5.61. The third-order valence-corrected chi connectivity index (χ3v) is 5.18. The third kappa shape index (κ3) is 5.01. The number of benzene rings is 2. The summed E-state index contributed by atoms with van der Waals surface area (Å²) in [6.45, 7) is 7.70. The molecule has 2 amide bonds. The van der Waals surface area contributed by atoms with E-state index in [2.05, 4.69) is 25.7 Å². The number of nitrogens with zero attached hydrogens (tertiary/aromatic N) is 4. The summed E-state index contributed by atoms with van der Waals surface area (Å²) in [6, 6.07) is 10.8. The number of nitrogens with one attached hydrogen (secondary N) is 2. The fraction of sp³-hybridized carbons (Fsp3) is 0.167. The molecule has 0 unspecified atom stereocenters. The number of anilines is 2. The molecule has 0 aliphatic heterocycles. The number of halogens is 2. The molecule has 34 heavy (non-hydrogen) atoms. The van der Waals surface area contributed by atoms with Gasteiger partial charge in [-0.15, -0.1) is 0 Å². The highest BCUT2D eigenvalue weighted by molar-refractivity contribution is 5.99. The molecular formula is C24H22F2N6O2. The standard InChI is InChI=1S/C24H22F2N6O2/c1-13-14(2)31-32(15(13)3)22-12-23(28-16(4)27-22)34-19-8-5-17(6-9-19)29-24(33)30-18-7-10-20(25)21(26)11-18/h5-12H,1-4H3,(H2,29,30,33). The number of ether oxygens (including phenoxy) is 1. The lowest BCUT2D eigenvalue weighted by Gasteiger charge is -2.11. The van der Waals surface area contributed by atoms with E-state index in [0.29, 0.717) is 29.0 Å². The second-order valence-corrected chi connectivity index (χ2v) is 7.65. The van der Waals surface area contributed by atoms with Gasteiger partial charge in [-0.05, 0) is 69.7 Å². The zero-order valence-corrected chi connectivity index (χ0v) is 19.0. The van der Waals surface area contributed by atoms with Crippen LogP contribution < -0.4 is 15.4 Å². The van der Waals surface area contributed by atoms with Gasteiger partial charge in [0.1, 0.15) is 11.6 Å². The first-order chi connectivity index (χ1) is 16.2. The Morgan fingerprint density at radius 3 is 2.21 bits per heavy atom. The van der Waals surface area contributed by atoms with Crippen molar-refractivity contribution in [1.29, 1.82) is 0 Å². The number of aromatic nitrogens is 4. The van der Waals surface area contributed by atoms with Crippen molar-refractivity contribution >= 4 is 17.4 Å². The molecule has 2 heterocycles. The quantitative estimate of drug-likeness (QED) is 0.400. The first-order valence-corrected chi connectivity index (χ1v) is 10.4. The summed E-state index contributed by atoms with van der Waals surface area (Å²) in [4.78, 5) is 20.9. The van der Waals surface area contributed by atoms with Crippen molar-refractivity contribution in [2.24, 2.45) is 0 Å². The number of carbonyl (C=O) groups excluding carboxylic acids is 1. The molecule has 2 N–H and O–H groups in total. The largest absolute Gasteiger partial charge is 0.439 e. The Hall–Kier alpha value is -4.34. The molecule has 10 heteroatoms. The van der Waals surface area contributed by atoms with Crippen molar-refractivity contribution in [2.75, 3.05) is 10.6 Å². The summed E-state index contributed by atoms with van der Waals surface area (Å²) in [5.74, 6) is -0.0501. The second kappa shape index (κ2) is 9.26. The summed E-state index contributed by atoms with van der Waals surface area (Å²) in [5, 5.41) is 9.58. The zero-order valence-electron chi connectivity index (χ0n) is 19.0. The first-order valence-electron chi connectivity index (χ1n) is 10.4. The van der Waals surface area contributed by atoms with Crippen LogP contribution in [-0.4, -0.2) is 25.8 Å². The lowest BCUT2D eigenvalue weighted by molar-refractivity contribution is 0.262. The van der Waals surface area contributed by atoms with E-state index in [1.807, 2.05) is 20.8 Å². The van der Waals surface area contributed by atoms with Crippen molar-refractivity contribution in [3.8, 4) is 17.4 Å². The van der Waals surface area contributed by atoms with E-state index in [4.69, 9.17) is 4.74 Å². The highest BCUT2D eigenvalue weighted by Gasteiger charge is 2.13. The fourth-order valence-corrected chi connectivity index (χ4v) is 3.22. The minimum Gasteiger partial charge on any atom is -0.439 e. The van der Waals surface area contributed by atoms with Gasteiger partial charge in [0.15, 0.2) is 17.5 Å². The molecule has 0 atom stereocenters. The van der Waals surface area contributed by atoms with E-state index in [1.165, 1.54) is 6.07 Å². The molecular weight excluding hydrogens is 442 g/mol. The van der Waals surface area contributed by atoms with Gasteiger partial charge < -0.3 is 15.4 Å².